The summed E-state index contributed by atoms with van der Waals surface area (Å²) in [5, 5.41) is 0. The quantitative estimate of drug-likeness (QED) is 0.846. The zero-order valence-electron chi connectivity index (χ0n) is 10.9. The van der Waals surface area contributed by atoms with Crippen LogP contribution < -0.4 is 5.43 Å². The fraction of sp³-hybridized carbons (Fsp3) is 0.615. The average Bonchev–Trinajstić information content (AvgIpc) is 2.61. The minimum absolute atomic E-state index is 0.191. The van der Waals surface area contributed by atoms with Gasteiger partial charge in [-0.05, 0) is 38.8 Å². The van der Waals surface area contributed by atoms with E-state index in [1.165, 1.54) is 11.4 Å². The Kier molecular flexibility index (Phi) is 3.41. The van der Waals surface area contributed by atoms with Crippen LogP contribution in [0.3, 0.4) is 0 Å². The van der Waals surface area contributed by atoms with Crippen LogP contribution in [0.25, 0.3) is 0 Å². The molecule has 0 bridgehead atoms. The fourth-order valence-electron chi connectivity index (χ4n) is 2.38. The van der Waals surface area contributed by atoms with Crippen molar-refractivity contribution in [2.75, 3.05) is 18.5 Å². The summed E-state index contributed by atoms with van der Waals surface area (Å²) in [5.41, 5.74) is 6.00. The van der Waals surface area contributed by atoms with Gasteiger partial charge in [0.2, 0.25) is 5.91 Å². The molecule has 0 radical (unpaired) electrons. The Hall–Kier alpha value is -1.45. The summed E-state index contributed by atoms with van der Waals surface area (Å²) in [4.78, 5) is 13.2. The van der Waals surface area contributed by atoms with Gasteiger partial charge in [0, 0.05) is 37.4 Å². The minimum Gasteiger partial charge on any atom is -0.343 e. The lowest BCUT2D eigenvalue weighted by Crippen LogP contribution is -2.43. The Morgan fingerprint density at radius 3 is 2.24 bits per heavy atom. The van der Waals surface area contributed by atoms with Crippen LogP contribution in [0.4, 0.5) is 0 Å². The van der Waals surface area contributed by atoms with Crippen LogP contribution in [0.1, 0.15) is 31.2 Å². The summed E-state index contributed by atoms with van der Waals surface area (Å²) < 4.78 is 2.15. The molecule has 4 nitrogen and oxygen atoms in total. The zero-order valence-corrected chi connectivity index (χ0v) is 10.9. The maximum Gasteiger partial charge on any atom is 0.219 e. The van der Waals surface area contributed by atoms with Gasteiger partial charge in [-0.25, -0.2) is 0 Å². The lowest BCUT2D eigenvalue weighted by Gasteiger charge is -2.33. The van der Waals surface area contributed by atoms with Crippen molar-refractivity contribution in [2.24, 2.45) is 0 Å². The molecule has 1 fully saturated rings. The summed E-state index contributed by atoms with van der Waals surface area (Å²) >= 11 is 0. The molecule has 0 spiro atoms. The van der Waals surface area contributed by atoms with Crippen molar-refractivity contribution in [1.82, 2.24) is 9.58 Å². The number of amides is 1. The van der Waals surface area contributed by atoms with Crippen molar-refractivity contribution in [1.29, 1.82) is 0 Å². The number of piperidine rings is 1. The third-order valence-electron chi connectivity index (χ3n) is 3.52. The first-order valence-corrected chi connectivity index (χ1v) is 6.25. The predicted molar refractivity (Wildman–Crippen MR) is 68.5 cm³/mol. The largest absolute Gasteiger partial charge is 0.343 e. The van der Waals surface area contributed by atoms with Gasteiger partial charge in [-0.3, -0.25) is 9.47 Å². The topological polar surface area (TPSA) is 37.3 Å². The van der Waals surface area contributed by atoms with E-state index in [0.29, 0.717) is 6.04 Å². The van der Waals surface area contributed by atoms with Gasteiger partial charge < -0.3 is 10.3 Å². The number of carbonyl (C=O) groups excluding carboxylic acids is 1. The molecule has 0 unspecified atom stereocenters. The van der Waals surface area contributed by atoms with Crippen LogP contribution in [0.15, 0.2) is 12.1 Å². The summed E-state index contributed by atoms with van der Waals surface area (Å²) in [6, 6.07) is 4.70. The number of likely N-dealkylation sites (tertiary alicyclic amines) is 1. The molecule has 2 heterocycles. The molecule has 1 aliphatic heterocycles. The predicted octanol–water partition coefficient (Wildman–Crippen LogP) is 1.66. The van der Waals surface area contributed by atoms with Crippen LogP contribution in [0.5, 0.6) is 0 Å². The van der Waals surface area contributed by atoms with Crippen molar-refractivity contribution in [2.45, 2.75) is 39.7 Å². The monoisotopic (exact) mass is 235 g/mol. The van der Waals surface area contributed by atoms with Crippen LogP contribution in [0, 0.1) is 13.8 Å². The van der Waals surface area contributed by atoms with E-state index in [-0.39, 0.29) is 5.91 Å². The first-order chi connectivity index (χ1) is 8.08. The van der Waals surface area contributed by atoms with Crippen LogP contribution in [-0.4, -0.2) is 34.6 Å². The van der Waals surface area contributed by atoms with Crippen molar-refractivity contribution in [3.8, 4) is 0 Å². The first kappa shape index (κ1) is 12.0. The SMILES string of the molecule is CC(=O)N1CCC(Nn2c(C)ccc2C)CC1. The Morgan fingerprint density at radius 2 is 1.76 bits per heavy atom. The van der Waals surface area contributed by atoms with E-state index in [1.807, 2.05) is 4.90 Å². The van der Waals surface area contributed by atoms with Gasteiger partial charge in [0.25, 0.3) is 0 Å². The zero-order chi connectivity index (χ0) is 12.4. The maximum absolute atomic E-state index is 11.2. The summed E-state index contributed by atoms with van der Waals surface area (Å²) in [6.45, 7) is 7.59. The Morgan fingerprint density at radius 1 is 1.24 bits per heavy atom. The second-order valence-corrected chi connectivity index (χ2v) is 4.86. The van der Waals surface area contributed by atoms with E-state index in [9.17, 15) is 4.79 Å². The van der Waals surface area contributed by atoms with Crippen molar-refractivity contribution >= 4 is 5.91 Å². The number of aromatic nitrogens is 1. The van der Waals surface area contributed by atoms with E-state index < -0.39 is 0 Å². The normalized spacial score (nSPS) is 17.2. The van der Waals surface area contributed by atoms with E-state index in [4.69, 9.17) is 0 Å². The number of hydrogen-bond acceptors (Lipinski definition) is 2. The molecule has 1 amide bonds. The molecule has 0 atom stereocenters. The smallest absolute Gasteiger partial charge is 0.219 e. The number of nitrogens with zero attached hydrogens (tertiary/aromatic N) is 2. The van der Waals surface area contributed by atoms with Crippen LogP contribution in [0.2, 0.25) is 0 Å². The summed E-state index contributed by atoms with van der Waals surface area (Å²) in [7, 11) is 0. The third-order valence-corrected chi connectivity index (χ3v) is 3.52. The van der Waals surface area contributed by atoms with Crippen molar-refractivity contribution in [3.05, 3.63) is 23.5 Å². The van der Waals surface area contributed by atoms with Crippen molar-refractivity contribution < 1.29 is 4.79 Å². The lowest BCUT2D eigenvalue weighted by atomic mass is 10.1. The highest BCUT2D eigenvalue weighted by atomic mass is 16.2. The molecule has 0 aliphatic carbocycles. The van der Waals surface area contributed by atoms with Crippen molar-refractivity contribution in [3.63, 3.8) is 0 Å². The van der Waals surface area contributed by atoms with E-state index in [1.54, 1.807) is 6.92 Å². The second-order valence-electron chi connectivity index (χ2n) is 4.86. The summed E-state index contributed by atoms with van der Waals surface area (Å²) in [5.74, 6) is 0.191. The average molecular weight is 235 g/mol. The highest BCUT2D eigenvalue weighted by molar-refractivity contribution is 5.73. The van der Waals surface area contributed by atoms with Gasteiger partial charge >= 0.3 is 0 Å². The molecule has 1 saturated heterocycles. The molecule has 1 aromatic rings. The minimum atomic E-state index is 0.191. The molecule has 0 saturated carbocycles. The van der Waals surface area contributed by atoms with Gasteiger partial charge in [-0.1, -0.05) is 0 Å². The maximum atomic E-state index is 11.2. The van der Waals surface area contributed by atoms with E-state index in [0.717, 1.165) is 25.9 Å². The third kappa shape index (κ3) is 2.62. The number of nitrogens with one attached hydrogen (secondary N) is 1. The Bertz CT molecular complexity index is 383. The van der Waals surface area contributed by atoms with Gasteiger partial charge in [-0.15, -0.1) is 0 Å². The lowest BCUT2D eigenvalue weighted by molar-refractivity contribution is -0.129. The molecule has 0 aromatic carbocycles. The Balaban J connectivity index is 1.92. The van der Waals surface area contributed by atoms with Gasteiger partial charge in [0.05, 0.1) is 0 Å². The first-order valence-electron chi connectivity index (χ1n) is 6.25. The van der Waals surface area contributed by atoms with Crippen LogP contribution in [-0.2, 0) is 4.79 Å². The number of rotatable bonds is 2. The molecular weight excluding hydrogens is 214 g/mol. The molecule has 2 rings (SSSR count). The molecule has 1 aliphatic rings. The molecule has 4 heteroatoms. The van der Waals surface area contributed by atoms with Gasteiger partial charge in [0.1, 0.15) is 0 Å². The van der Waals surface area contributed by atoms with Gasteiger partial charge in [-0.2, -0.15) is 0 Å². The van der Waals surface area contributed by atoms with E-state index in [2.05, 4.69) is 36.1 Å². The highest BCUT2D eigenvalue weighted by Gasteiger charge is 2.20. The number of carbonyl (C=O) groups is 1. The molecule has 1 N–H and O–H groups in total. The second kappa shape index (κ2) is 4.82. The number of hydrogen-bond donors (Lipinski definition) is 1. The molecule has 17 heavy (non-hydrogen) atoms. The number of aryl methyl sites for hydroxylation is 2. The Labute approximate surface area is 103 Å². The molecular formula is C13H21N3O. The summed E-state index contributed by atoms with van der Waals surface area (Å²) in [6.07, 6.45) is 2.05. The van der Waals surface area contributed by atoms with Gasteiger partial charge in [0.15, 0.2) is 0 Å². The fourth-order valence-corrected chi connectivity index (χ4v) is 2.38. The van der Waals surface area contributed by atoms with Crippen LogP contribution >= 0.6 is 0 Å². The standard InChI is InChI=1S/C13H21N3O/c1-10-4-5-11(2)16(10)14-13-6-8-15(9-7-13)12(3)17/h4-5,13-14H,6-9H2,1-3H3. The van der Waals surface area contributed by atoms with E-state index >= 15 is 0 Å². The molecule has 94 valence electrons. The highest BCUT2D eigenvalue weighted by Crippen LogP contribution is 2.13. The molecule has 1 aromatic heterocycles.